The van der Waals surface area contributed by atoms with Gasteiger partial charge in [-0.15, -0.1) is 24.5 Å². The van der Waals surface area contributed by atoms with Crippen LogP contribution >= 0.6 is 22.9 Å². The lowest BCUT2D eigenvalue weighted by Crippen LogP contribution is -2.31. The molecular weight excluding hydrogens is 344 g/mol. The van der Waals surface area contributed by atoms with E-state index in [-0.39, 0.29) is 5.91 Å². The summed E-state index contributed by atoms with van der Waals surface area (Å²) >= 11 is 7.19. The number of aromatic nitrogens is 1. The van der Waals surface area contributed by atoms with Crippen LogP contribution in [0.15, 0.2) is 49.6 Å². The highest BCUT2D eigenvalue weighted by Gasteiger charge is 2.20. The van der Waals surface area contributed by atoms with E-state index in [1.54, 1.807) is 41.3 Å². The summed E-state index contributed by atoms with van der Waals surface area (Å²) < 4.78 is 5.68. The number of nitrogens with zero attached hydrogens (tertiary/aromatic N) is 2. The van der Waals surface area contributed by atoms with E-state index in [0.717, 1.165) is 5.01 Å². The van der Waals surface area contributed by atoms with Gasteiger partial charge in [-0.05, 0) is 31.2 Å². The number of hydrogen-bond acceptors (Lipinski definition) is 4. The van der Waals surface area contributed by atoms with Crippen LogP contribution in [0.5, 0.6) is 5.75 Å². The first kappa shape index (κ1) is 18.2. The minimum absolute atomic E-state index is 0.0671. The number of carbonyl (C=O) groups excluding carboxylic acids is 1. The summed E-state index contributed by atoms with van der Waals surface area (Å²) in [5, 5.41) is 1.41. The number of aryl methyl sites for hydroxylation is 1. The fraction of sp³-hybridized carbons (Fsp3) is 0.222. The van der Waals surface area contributed by atoms with Crippen molar-refractivity contribution in [3.8, 4) is 5.75 Å². The van der Waals surface area contributed by atoms with Crippen LogP contribution in [0, 0.1) is 6.92 Å². The monoisotopic (exact) mass is 362 g/mol. The second kappa shape index (κ2) is 8.66. The Labute approximate surface area is 151 Å². The smallest absolute Gasteiger partial charge is 0.266 e. The zero-order chi connectivity index (χ0) is 17.5. The highest BCUT2D eigenvalue weighted by molar-refractivity contribution is 7.13. The van der Waals surface area contributed by atoms with Crippen molar-refractivity contribution in [2.45, 2.75) is 13.5 Å². The molecule has 4 nitrogen and oxygen atoms in total. The van der Waals surface area contributed by atoms with Crippen LogP contribution in [0.2, 0.25) is 5.02 Å². The van der Waals surface area contributed by atoms with Gasteiger partial charge in [-0.1, -0.05) is 23.8 Å². The Hall–Kier alpha value is -2.11. The van der Waals surface area contributed by atoms with Gasteiger partial charge in [0.2, 0.25) is 0 Å². The molecule has 0 aliphatic rings. The lowest BCUT2D eigenvalue weighted by atomic mass is 10.3. The van der Waals surface area contributed by atoms with Gasteiger partial charge < -0.3 is 9.64 Å². The summed E-state index contributed by atoms with van der Waals surface area (Å²) in [6, 6.07) is 7.12. The van der Waals surface area contributed by atoms with Gasteiger partial charge in [0, 0.05) is 18.1 Å². The van der Waals surface area contributed by atoms with E-state index in [1.165, 1.54) is 11.3 Å². The Morgan fingerprint density at radius 3 is 2.50 bits per heavy atom. The van der Waals surface area contributed by atoms with Crippen LogP contribution in [0.25, 0.3) is 0 Å². The Balaban J connectivity index is 2.08. The lowest BCUT2D eigenvalue weighted by Gasteiger charge is -2.18. The molecular formula is C18H19ClN2O2S. The van der Waals surface area contributed by atoms with E-state index < -0.39 is 0 Å². The molecule has 0 radical (unpaired) electrons. The molecule has 1 heterocycles. The summed E-state index contributed by atoms with van der Waals surface area (Å²) in [7, 11) is 0. The highest BCUT2D eigenvalue weighted by Crippen LogP contribution is 2.22. The van der Waals surface area contributed by atoms with Crippen molar-refractivity contribution in [1.29, 1.82) is 0 Å². The summed E-state index contributed by atoms with van der Waals surface area (Å²) in [5.41, 5.74) is 0.706. The number of ether oxygens (including phenoxy) is 1. The van der Waals surface area contributed by atoms with Gasteiger partial charge >= 0.3 is 0 Å². The molecule has 0 unspecified atom stereocenters. The molecule has 1 aromatic heterocycles. The number of thiazole rings is 1. The molecule has 0 saturated carbocycles. The quantitative estimate of drug-likeness (QED) is 0.649. The number of benzene rings is 1. The Morgan fingerprint density at radius 1 is 1.29 bits per heavy atom. The molecule has 0 bridgehead atoms. The number of hydrogen-bond donors (Lipinski definition) is 0. The molecule has 0 N–H and O–H groups in total. The molecule has 126 valence electrons. The Morgan fingerprint density at radius 2 is 1.92 bits per heavy atom. The second-order valence-electron chi connectivity index (χ2n) is 5.05. The van der Waals surface area contributed by atoms with Crippen LogP contribution in [-0.2, 0) is 6.61 Å². The van der Waals surface area contributed by atoms with Crippen LogP contribution in [-0.4, -0.2) is 28.9 Å². The molecule has 0 aliphatic carbocycles. The van der Waals surface area contributed by atoms with E-state index in [0.29, 0.717) is 41.0 Å². The van der Waals surface area contributed by atoms with Crippen LogP contribution in [0.1, 0.15) is 20.4 Å². The van der Waals surface area contributed by atoms with E-state index in [2.05, 4.69) is 18.1 Å². The maximum absolute atomic E-state index is 12.6. The molecule has 0 spiro atoms. The Kier molecular flexibility index (Phi) is 6.58. The first-order valence-electron chi connectivity index (χ1n) is 7.41. The van der Waals surface area contributed by atoms with E-state index in [9.17, 15) is 4.79 Å². The van der Waals surface area contributed by atoms with Gasteiger partial charge in [-0.2, -0.15) is 0 Å². The minimum Gasteiger partial charge on any atom is -0.486 e. The standard InChI is InChI=1S/C18H19ClN2O2S/c1-4-10-21(11-5-2)18(22)17-13(3)20-16(24-17)12-23-15-8-6-14(19)7-9-15/h4-9H,1-2,10-12H2,3H3. The van der Waals surface area contributed by atoms with Gasteiger partial charge in [-0.25, -0.2) is 4.98 Å². The topological polar surface area (TPSA) is 42.4 Å². The highest BCUT2D eigenvalue weighted by atomic mass is 35.5. The van der Waals surface area contributed by atoms with Crippen LogP contribution in [0.3, 0.4) is 0 Å². The molecule has 0 aliphatic heterocycles. The van der Waals surface area contributed by atoms with Crippen molar-refractivity contribution in [1.82, 2.24) is 9.88 Å². The molecule has 0 fully saturated rings. The molecule has 24 heavy (non-hydrogen) atoms. The van der Waals surface area contributed by atoms with Gasteiger partial charge in [0.05, 0.1) is 5.69 Å². The number of halogens is 1. The third-order valence-corrected chi connectivity index (χ3v) is 4.57. The maximum Gasteiger partial charge on any atom is 0.266 e. The van der Waals surface area contributed by atoms with Gasteiger partial charge in [0.25, 0.3) is 5.91 Å². The predicted molar refractivity (Wildman–Crippen MR) is 98.9 cm³/mol. The van der Waals surface area contributed by atoms with Crippen molar-refractivity contribution >= 4 is 28.8 Å². The van der Waals surface area contributed by atoms with Crippen molar-refractivity contribution < 1.29 is 9.53 Å². The predicted octanol–water partition coefficient (Wildman–Crippen LogP) is 4.50. The van der Waals surface area contributed by atoms with E-state index in [4.69, 9.17) is 16.3 Å². The zero-order valence-electron chi connectivity index (χ0n) is 13.5. The zero-order valence-corrected chi connectivity index (χ0v) is 15.1. The van der Waals surface area contributed by atoms with Crippen LogP contribution < -0.4 is 4.74 Å². The van der Waals surface area contributed by atoms with Gasteiger partial charge in [0.15, 0.2) is 0 Å². The Bertz CT molecular complexity index is 715. The molecule has 0 atom stereocenters. The molecule has 1 aromatic carbocycles. The average Bonchev–Trinajstić information content (AvgIpc) is 2.94. The van der Waals surface area contributed by atoms with Crippen molar-refractivity contribution in [2.75, 3.05) is 13.1 Å². The summed E-state index contributed by atoms with van der Waals surface area (Å²) in [4.78, 5) is 19.3. The minimum atomic E-state index is -0.0671. The van der Waals surface area contributed by atoms with Crippen LogP contribution in [0.4, 0.5) is 0 Å². The average molecular weight is 363 g/mol. The first-order valence-corrected chi connectivity index (χ1v) is 8.60. The molecule has 6 heteroatoms. The fourth-order valence-corrected chi connectivity index (χ4v) is 3.16. The fourth-order valence-electron chi connectivity index (χ4n) is 2.08. The van der Waals surface area contributed by atoms with Crippen molar-refractivity contribution in [2.24, 2.45) is 0 Å². The van der Waals surface area contributed by atoms with Gasteiger partial charge in [-0.3, -0.25) is 4.79 Å². The van der Waals surface area contributed by atoms with Crippen molar-refractivity contribution in [3.63, 3.8) is 0 Å². The van der Waals surface area contributed by atoms with E-state index in [1.807, 2.05) is 6.92 Å². The summed E-state index contributed by atoms with van der Waals surface area (Å²) in [6.07, 6.45) is 3.39. The second-order valence-corrected chi connectivity index (χ2v) is 6.57. The normalized spacial score (nSPS) is 10.2. The number of amides is 1. The molecule has 2 rings (SSSR count). The third kappa shape index (κ3) is 4.69. The molecule has 1 amide bonds. The summed E-state index contributed by atoms with van der Waals surface area (Å²) in [5.74, 6) is 0.641. The van der Waals surface area contributed by atoms with E-state index >= 15 is 0 Å². The van der Waals surface area contributed by atoms with Gasteiger partial charge in [0.1, 0.15) is 22.2 Å². The molecule has 0 saturated heterocycles. The number of rotatable bonds is 8. The lowest BCUT2D eigenvalue weighted by molar-refractivity contribution is 0.0794. The first-order chi connectivity index (χ1) is 11.5. The third-order valence-electron chi connectivity index (χ3n) is 3.20. The number of carbonyl (C=O) groups is 1. The molecule has 2 aromatic rings. The maximum atomic E-state index is 12.6. The van der Waals surface area contributed by atoms with Crippen molar-refractivity contribution in [3.05, 3.63) is 70.2 Å². The largest absolute Gasteiger partial charge is 0.486 e. The SMILES string of the molecule is C=CCN(CC=C)C(=O)c1sc(COc2ccc(Cl)cc2)nc1C. The summed E-state index contributed by atoms with van der Waals surface area (Å²) in [6.45, 7) is 10.5.